The number of amides is 1. The molecular weight excluding hydrogens is 578 g/mol. The maximum atomic E-state index is 11.5. The average molecular weight is 610 g/mol. The molecule has 4 aromatic rings. The highest BCUT2D eigenvalue weighted by Gasteiger charge is 2.21. The van der Waals surface area contributed by atoms with Gasteiger partial charge in [0.1, 0.15) is 18.2 Å². The summed E-state index contributed by atoms with van der Waals surface area (Å²) >= 11 is 1.05. The Labute approximate surface area is 259 Å². The van der Waals surface area contributed by atoms with Crippen LogP contribution in [0.2, 0.25) is 0 Å². The molecule has 224 valence electrons. The van der Waals surface area contributed by atoms with Gasteiger partial charge in [-0.1, -0.05) is 57.2 Å². The minimum atomic E-state index is -0.471. The van der Waals surface area contributed by atoms with Gasteiger partial charge >= 0.3 is 0 Å². The fourth-order valence-corrected chi connectivity index (χ4v) is 4.75. The van der Waals surface area contributed by atoms with E-state index in [-0.39, 0.29) is 16.3 Å². The van der Waals surface area contributed by atoms with Crippen molar-refractivity contribution in [3.63, 3.8) is 0 Å². The number of hydrogen-bond acceptors (Lipinski definition) is 8. The van der Waals surface area contributed by atoms with E-state index in [1.165, 1.54) is 17.7 Å². The van der Waals surface area contributed by atoms with E-state index in [0.717, 1.165) is 28.6 Å². The highest BCUT2D eigenvalue weighted by molar-refractivity contribution is 8.18. The Morgan fingerprint density at radius 2 is 1.77 bits per heavy atom. The summed E-state index contributed by atoms with van der Waals surface area (Å²) in [6, 6.07) is 23.1. The Morgan fingerprint density at radius 1 is 1.02 bits per heavy atom. The van der Waals surface area contributed by atoms with Gasteiger partial charge in [0.2, 0.25) is 5.69 Å². The van der Waals surface area contributed by atoms with Crippen LogP contribution in [0.1, 0.15) is 43.2 Å². The number of nitro benzene ring substituents is 1. The Kier molecular flexibility index (Phi) is 9.60. The summed E-state index contributed by atoms with van der Waals surface area (Å²) < 4.78 is 6.17. The molecule has 0 saturated carbocycles. The topological polar surface area (TPSA) is 150 Å². The number of benzene rings is 3. The number of thioether (sulfide) groups is 1. The number of amidine groups is 1. The molecule has 0 fully saturated rings. The van der Waals surface area contributed by atoms with Crippen molar-refractivity contribution in [2.24, 2.45) is 15.7 Å². The number of carbonyl (C=O) groups excluding carboxylic acids is 1. The Bertz CT molecular complexity index is 1830. The maximum Gasteiger partial charge on any atom is 0.286 e. The largest absolute Gasteiger partial charge is 0.619 e. The highest BCUT2D eigenvalue weighted by atomic mass is 32.2. The van der Waals surface area contributed by atoms with E-state index in [2.05, 4.69) is 55.7 Å². The van der Waals surface area contributed by atoms with Crippen molar-refractivity contribution in [2.75, 3.05) is 0 Å². The third kappa shape index (κ3) is 7.96. The molecule has 11 heteroatoms. The van der Waals surface area contributed by atoms with Crippen molar-refractivity contribution >= 4 is 58.9 Å². The smallest absolute Gasteiger partial charge is 0.286 e. The minimum absolute atomic E-state index is 0.0463. The van der Waals surface area contributed by atoms with Gasteiger partial charge in [-0.15, -0.1) is 0 Å². The van der Waals surface area contributed by atoms with Gasteiger partial charge in [-0.05, 0) is 65.1 Å². The van der Waals surface area contributed by atoms with Crippen LogP contribution in [-0.2, 0) is 10.2 Å². The number of para-hydroxylation sites is 1. The number of nitrogens with zero attached hydrogens (tertiary/aromatic N) is 4. The SMILES string of the molecule is C=[N+]([O-])c1cccc(C=Nc2cc(C(C)(C)C)ccc2C)c1.NC1=NC(=O)/C(=C/c2ccc(-c3ccccc3[N+](=O)[O-])o2)S1. The van der Waals surface area contributed by atoms with Gasteiger partial charge < -0.3 is 15.4 Å². The van der Waals surface area contributed by atoms with Gasteiger partial charge in [0.25, 0.3) is 11.6 Å². The molecule has 0 radical (unpaired) electrons. The molecule has 2 N–H and O–H groups in total. The van der Waals surface area contributed by atoms with Gasteiger partial charge in [-0.25, -0.2) is 0 Å². The highest BCUT2D eigenvalue weighted by Crippen LogP contribution is 2.33. The molecule has 10 nitrogen and oxygen atoms in total. The summed E-state index contributed by atoms with van der Waals surface area (Å²) in [6.45, 7) is 12.0. The molecule has 1 aliphatic heterocycles. The molecule has 0 unspecified atom stereocenters. The fraction of sp³-hybridized carbons (Fsp3) is 0.152. The molecule has 1 aliphatic rings. The Morgan fingerprint density at radius 3 is 2.43 bits per heavy atom. The van der Waals surface area contributed by atoms with E-state index < -0.39 is 10.8 Å². The van der Waals surface area contributed by atoms with Crippen LogP contribution in [-0.4, -0.2) is 33.7 Å². The van der Waals surface area contributed by atoms with Gasteiger partial charge in [0.15, 0.2) is 5.17 Å². The van der Waals surface area contributed by atoms with Crippen LogP contribution < -0.4 is 5.73 Å². The predicted octanol–water partition coefficient (Wildman–Crippen LogP) is 7.67. The number of furan rings is 1. The summed E-state index contributed by atoms with van der Waals surface area (Å²) in [5, 5.41) is 22.5. The number of aryl methyl sites for hydroxylation is 1. The minimum Gasteiger partial charge on any atom is -0.619 e. The quantitative estimate of drug-likeness (QED) is 0.0588. The molecular formula is C33H31N5O5S. The second-order valence-electron chi connectivity index (χ2n) is 10.8. The van der Waals surface area contributed by atoms with Crippen LogP contribution >= 0.6 is 11.8 Å². The van der Waals surface area contributed by atoms with E-state index in [0.29, 0.717) is 32.4 Å². The number of carbonyl (C=O) groups is 1. The number of nitrogens with two attached hydrogens (primary N) is 1. The molecule has 3 aromatic carbocycles. The third-order valence-corrected chi connectivity index (χ3v) is 7.30. The molecule has 0 bridgehead atoms. The molecule has 0 atom stereocenters. The van der Waals surface area contributed by atoms with Crippen LogP contribution in [0.15, 0.2) is 98.2 Å². The molecule has 5 rings (SSSR count). The number of nitro groups is 1. The standard InChI is InChI=1S/C19H22N2O.C14H9N3O4S/c1-14-9-10-16(19(2,3)4)12-18(14)20-13-15-7-6-8-17(11-15)21(5)22;15-14-16-13(18)12(22-14)7-8-5-6-11(21-8)9-3-1-2-4-10(9)17(19)20/h6-13H,5H2,1-4H3;1-7H,(H2,15,16,18)/b;12-7-. The lowest BCUT2D eigenvalue weighted by Crippen LogP contribution is -2.10. The zero-order valence-electron chi connectivity index (χ0n) is 24.7. The second kappa shape index (κ2) is 13.3. The van der Waals surface area contributed by atoms with Crippen molar-refractivity contribution in [2.45, 2.75) is 33.1 Å². The van der Waals surface area contributed by atoms with Crippen LogP contribution in [0.3, 0.4) is 0 Å². The van der Waals surface area contributed by atoms with E-state index in [1.807, 2.05) is 19.1 Å². The summed E-state index contributed by atoms with van der Waals surface area (Å²) in [5.74, 6) is 0.323. The molecule has 0 spiro atoms. The first-order valence-corrected chi connectivity index (χ1v) is 14.3. The maximum absolute atomic E-state index is 11.5. The van der Waals surface area contributed by atoms with Gasteiger partial charge in [0.05, 0.1) is 21.1 Å². The summed E-state index contributed by atoms with van der Waals surface area (Å²) in [6.07, 6.45) is 3.29. The van der Waals surface area contributed by atoms with E-state index >= 15 is 0 Å². The lowest BCUT2D eigenvalue weighted by atomic mass is 9.86. The van der Waals surface area contributed by atoms with Gasteiger partial charge in [-0.2, -0.15) is 9.73 Å². The lowest BCUT2D eigenvalue weighted by Gasteiger charge is -2.19. The van der Waals surface area contributed by atoms with Crippen LogP contribution in [0.4, 0.5) is 17.1 Å². The van der Waals surface area contributed by atoms with Gasteiger partial charge in [-0.3, -0.25) is 19.9 Å². The summed E-state index contributed by atoms with van der Waals surface area (Å²) in [4.78, 5) is 30.6. The zero-order chi connectivity index (χ0) is 32.0. The van der Waals surface area contributed by atoms with E-state index in [9.17, 15) is 20.1 Å². The normalized spacial score (nSPS) is 14.0. The molecule has 1 aromatic heterocycles. The van der Waals surface area contributed by atoms with Crippen molar-refractivity contribution in [1.29, 1.82) is 0 Å². The van der Waals surface area contributed by atoms with Crippen molar-refractivity contribution < 1.29 is 18.9 Å². The molecule has 1 amide bonds. The van der Waals surface area contributed by atoms with Gasteiger partial charge in [0, 0.05) is 30.5 Å². The number of aliphatic imine (C=N–C) groups is 2. The molecule has 0 aliphatic carbocycles. The lowest BCUT2D eigenvalue weighted by molar-refractivity contribution is -0.384. The van der Waals surface area contributed by atoms with Crippen LogP contribution in [0.25, 0.3) is 17.4 Å². The third-order valence-electron chi connectivity index (χ3n) is 6.49. The predicted molar refractivity (Wildman–Crippen MR) is 177 cm³/mol. The number of rotatable bonds is 6. The Hall–Kier alpha value is -5.29. The average Bonchev–Trinajstić information content (AvgIpc) is 3.57. The first kappa shape index (κ1) is 31.6. The van der Waals surface area contributed by atoms with Crippen LogP contribution in [0, 0.1) is 22.2 Å². The first-order valence-electron chi connectivity index (χ1n) is 13.5. The van der Waals surface area contributed by atoms with Crippen molar-refractivity contribution in [3.8, 4) is 11.3 Å². The second-order valence-corrected chi connectivity index (χ2v) is 11.9. The van der Waals surface area contributed by atoms with Crippen molar-refractivity contribution in [1.82, 2.24) is 0 Å². The van der Waals surface area contributed by atoms with E-state index in [1.54, 1.807) is 48.7 Å². The summed E-state index contributed by atoms with van der Waals surface area (Å²) in [7, 11) is 0. The summed E-state index contributed by atoms with van der Waals surface area (Å²) in [5.41, 5.74) is 10.6. The first-order chi connectivity index (χ1) is 20.8. The Balaban J connectivity index is 0.000000201. The molecule has 44 heavy (non-hydrogen) atoms. The fourth-order valence-electron chi connectivity index (χ4n) is 4.09. The molecule has 2 heterocycles. The number of hydrogen-bond donors (Lipinski definition) is 1. The van der Waals surface area contributed by atoms with Crippen molar-refractivity contribution in [3.05, 3.63) is 122 Å². The van der Waals surface area contributed by atoms with Crippen LogP contribution in [0.5, 0.6) is 0 Å². The zero-order valence-corrected chi connectivity index (χ0v) is 25.5. The molecule has 0 saturated heterocycles. The van der Waals surface area contributed by atoms with E-state index in [4.69, 9.17) is 10.2 Å². The monoisotopic (exact) mass is 609 g/mol.